The third-order valence-corrected chi connectivity index (χ3v) is 6.49. The molecule has 1 aromatic carbocycles. The van der Waals surface area contributed by atoms with Crippen molar-refractivity contribution in [2.75, 3.05) is 13.1 Å². The van der Waals surface area contributed by atoms with Crippen LogP contribution in [-0.4, -0.2) is 52.3 Å². The van der Waals surface area contributed by atoms with Crippen LogP contribution in [0.15, 0.2) is 36.4 Å². The topological polar surface area (TPSA) is 98.8 Å². The van der Waals surface area contributed by atoms with E-state index in [0.29, 0.717) is 38.8 Å². The fraction of sp³-hybridized carbons (Fsp3) is 0.478. The highest BCUT2D eigenvalue weighted by atomic mass is 16.2. The van der Waals surface area contributed by atoms with Gasteiger partial charge in [-0.25, -0.2) is 4.79 Å². The molecule has 3 aliphatic rings. The number of amides is 5. The Morgan fingerprint density at radius 3 is 2.39 bits per heavy atom. The van der Waals surface area contributed by atoms with Crippen molar-refractivity contribution in [2.45, 2.75) is 50.5 Å². The van der Waals surface area contributed by atoms with Gasteiger partial charge in [-0.2, -0.15) is 5.01 Å². The van der Waals surface area contributed by atoms with E-state index in [1.54, 1.807) is 17.1 Å². The maximum absolute atomic E-state index is 12.8. The minimum Gasteiger partial charge on any atom is -0.339 e. The number of likely N-dealkylation sites (tertiary alicyclic amines) is 1. The number of piperidine rings is 1. The van der Waals surface area contributed by atoms with Crippen molar-refractivity contribution in [3.05, 3.63) is 42.0 Å². The van der Waals surface area contributed by atoms with Gasteiger partial charge >= 0.3 is 6.03 Å². The van der Waals surface area contributed by atoms with Crippen molar-refractivity contribution in [1.82, 2.24) is 20.7 Å². The molecule has 1 aliphatic carbocycles. The maximum atomic E-state index is 12.8. The van der Waals surface area contributed by atoms with Crippen LogP contribution in [-0.2, 0) is 14.4 Å². The minimum absolute atomic E-state index is 0.0870. The lowest BCUT2D eigenvalue weighted by Crippen LogP contribution is -2.52. The van der Waals surface area contributed by atoms with Crippen LogP contribution in [0, 0.1) is 5.92 Å². The van der Waals surface area contributed by atoms with Crippen LogP contribution in [0.3, 0.4) is 0 Å². The molecule has 0 atom stereocenters. The molecule has 31 heavy (non-hydrogen) atoms. The second kappa shape index (κ2) is 8.91. The SMILES string of the molecule is O=C(NN1C(=O)NC2(CCCCC2)C1=O)C1CCN(C(=O)C=Cc2ccccc2)CC1. The quantitative estimate of drug-likeness (QED) is 0.572. The van der Waals surface area contributed by atoms with E-state index in [1.165, 1.54) is 0 Å². The van der Waals surface area contributed by atoms with Gasteiger partial charge in [-0.3, -0.25) is 19.8 Å². The van der Waals surface area contributed by atoms with Crippen molar-refractivity contribution in [1.29, 1.82) is 0 Å². The standard InChI is InChI=1S/C23H28N4O4/c28-19(10-9-17-7-3-1-4-8-17)26-15-11-18(12-16-26)20(29)25-27-21(30)23(24-22(27)31)13-5-2-6-14-23/h1,3-4,7-10,18H,2,5-6,11-16H2,(H,24,31)(H,25,29). The van der Waals surface area contributed by atoms with Gasteiger partial charge in [0, 0.05) is 25.1 Å². The van der Waals surface area contributed by atoms with E-state index in [-0.39, 0.29) is 23.6 Å². The van der Waals surface area contributed by atoms with Gasteiger partial charge in [0.25, 0.3) is 5.91 Å². The Morgan fingerprint density at radius 2 is 1.71 bits per heavy atom. The minimum atomic E-state index is -0.858. The summed E-state index contributed by atoms with van der Waals surface area (Å²) in [4.78, 5) is 52.0. The smallest absolute Gasteiger partial charge is 0.339 e. The summed E-state index contributed by atoms with van der Waals surface area (Å²) in [6, 6.07) is 9.04. The van der Waals surface area contributed by atoms with Crippen molar-refractivity contribution in [3.8, 4) is 0 Å². The predicted molar refractivity (Wildman–Crippen MR) is 114 cm³/mol. The van der Waals surface area contributed by atoms with Gasteiger partial charge < -0.3 is 10.2 Å². The zero-order valence-corrected chi connectivity index (χ0v) is 17.5. The third-order valence-electron chi connectivity index (χ3n) is 6.49. The molecule has 4 rings (SSSR count). The van der Waals surface area contributed by atoms with Crippen LogP contribution in [0.25, 0.3) is 6.08 Å². The fourth-order valence-electron chi connectivity index (χ4n) is 4.62. The summed E-state index contributed by atoms with van der Waals surface area (Å²) in [7, 11) is 0. The zero-order valence-electron chi connectivity index (χ0n) is 17.5. The van der Waals surface area contributed by atoms with Crippen LogP contribution in [0.2, 0.25) is 0 Å². The number of hydrogen-bond acceptors (Lipinski definition) is 4. The van der Waals surface area contributed by atoms with Gasteiger partial charge in [-0.05, 0) is 37.3 Å². The van der Waals surface area contributed by atoms with Gasteiger partial charge in [0.2, 0.25) is 11.8 Å². The van der Waals surface area contributed by atoms with Crippen molar-refractivity contribution in [2.24, 2.45) is 5.92 Å². The molecule has 3 fully saturated rings. The van der Waals surface area contributed by atoms with E-state index in [1.807, 2.05) is 30.3 Å². The number of hydrogen-bond donors (Lipinski definition) is 2. The number of carbonyl (C=O) groups is 4. The molecule has 1 spiro atoms. The van der Waals surface area contributed by atoms with E-state index < -0.39 is 11.6 Å². The molecule has 1 aromatic rings. The molecule has 8 heteroatoms. The second-order valence-corrected chi connectivity index (χ2v) is 8.53. The molecule has 0 unspecified atom stereocenters. The molecule has 164 valence electrons. The summed E-state index contributed by atoms with van der Waals surface area (Å²) in [5.74, 6) is -1.13. The normalized spacial score (nSPS) is 21.5. The monoisotopic (exact) mass is 424 g/mol. The van der Waals surface area contributed by atoms with E-state index >= 15 is 0 Å². The lowest BCUT2D eigenvalue weighted by Gasteiger charge is -2.32. The maximum Gasteiger partial charge on any atom is 0.344 e. The van der Waals surface area contributed by atoms with Gasteiger partial charge in [-0.1, -0.05) is 49.6 Å². The van der Waals surface area contributed by atoms with E-state index in [4.69, 9.17) is 0 Å². The van der Waals surface area contributed by atoms with Crippen LogP contribution >= 0.6 is 0 Å². The lowest BCUT2D eigenvalue weighted by molar-refractivity contribution is -0.142. The molecule has 2 heterocycles. The molecule has 5 amide bonds. The number of nitrogens with one attached hydrogen (secondary N) is 2. The number of benzene rings is 1. The summed E-state index contributed by atoms with van der Waals surface area (Å²) >= 11 is 0. The van der Waals surface area contributed by atoms with Crippen LogP contribution in [0.1, 0.15) is 50.5 Å². The Bertz CT molecular complexity index is 884. The first-order valence-corrected chi connectivity index (χ1v) is 11.0. The second-order valence-electron chi connectivity index (χ2n) is 8.53. The molecule has 0 aromatic heterocycles. The molecule has 2 saturated heterocycles. The van der Waals surface area contributed by atoms with Crippen molar-refractivity contribution < 1.29 is 19.2 Å². The summed E-state index contributed by atoms with van der Waals surface area (Å²) in [5, 5.41) is 3.64. The largest absolute Gasteiger partial charge is 0.344 e. The van der Waals surface area contributed by atoms with Crippen LogP contribution < -0.4 is 10.7 Å². The van der Waals surface area contributed by atoms with Gasteiger partial charge in [0.1, 0.15) is 5.54 Å². The molecule has 0 radical (unpaired) electrons. The Hall–Kier alpha value is -3.16. The first kappa shape index (κ1) is 21.1. The number of urea groups is 1. The van der Waals surface area contributed by atoms with Crippen molar-refractivity contribution in [3.63, 3.8) is 0 Å². The highest BCUT2D eigenvalue weighted by Gasteiger charge is 2.52. The molecular formula is C23H28N4O4. The zero-order chi connectivity index (χ0) is 21.8. The Balaban J connectivity index is 1.28. The van der Waals surface area contributed by atoms with Gasteiger partial charge in [-0.15, -0.1) is 0 Å². The lowest BCUT2D eigenvalue weighted by atomic mass is 9.82. The highest BCUT2D eigenvalue weighted by Crippen LogP contribution is 2.33. The molecule has 8 nitrogen and oxygen atoms in total. The number of hydrazine groups is 1. The predicted octanol–water partition coefficient (Wildman–Crippen LogP) is 2.22. The molecule has 2 aliphatic heterocycles. The van der Waals surface area contributed by atoms with Crippen LogP contribution in [0.5, 0.6) is 0 Å². The van der Waals surface area contributed by atoms with E-state index in [2.05, 4.69) is 10.7 Å². The highest BCUT2D eigenvalue weighted by molar-refractivity contribution is 6.08. The summed E-state index contributed by atoms with van der Waals surface area (Å²) < 4.78 is 0. The van der Waals surface area contributed by atoms with E-state index in [0.717, 1.165) is 29.8 Å². The van der Waals surface area contributed by atoms with Gasteiger partial charge in [0.15, 0.2) is 0 Å². The Kier molecular flexibility index (Phi) is 6.06. The molecule has 1 saturated carbocycles. The Labute approximate surface area is 181 Å². The Morgan fingerprint density at radius 1 is 1.03 bits per heavy atom. The van der Waals surface area contributed by atoms with Crippen molar-refractivity contribution >= 4 is 29.8 Å². The molecular weight excluding hydrogens is 396 g/mol. The third kappa shape index (κ3) is 4.47. The summed E-state index contributed by atoms with van der Waals surface area (Å²) in [6.07, 6.45) is 8.36. The summed E-state index contributed by atoms with van der Waals surface area (Å²) in [6.45, 7) is 0.917. The van der Waals surface area contributed by atoms with E-state index in [9.17, 15) is 19.2 Å². The van der Waals surface area contributed by atoms with Crippen LogP contribution in [0.4, 0.5) is 4.79 Å². The summed E-state index contributed by atoms with van der Waals surface area (Å²) in [5.41, 5.74) is 2.62. The average Bonchev–Trinajstić information content (AvgIpc) is 3.02. The first-order valence-electron chi connectivity index (χ1n) is 11.0. The van der Waals surface area contributed by atoms with Gasteiger partial charge in [0.05, 0.1) is 0 Å². The first-order chi connectivity index (χ1) is 15.0. The number of nitrogens with zero attached hydrogens (tertiary/aromatic N) is 2. The number of rotatable bonds is 4. The fourth-order valence-corrected chi connectivity index (χ4v) is 4.62. The average molecular weight is 425 g/mol. The number of imide groups is 1. The molecule has 0 bridgehead atoms. The molecule has 2 N–H and O–H groups in total. The number of carbonyl (C=O) groups excluding carboxylic acids is 4.